The van der Waals surface area contributed by atoms with Gasteiger partial charge in [-0.3, -0.25) is 0 Å². The maximum absolute atomic E-state index is 10.2. The van der Waals surface area contributed by atoms with Gasteiger partial charge in [-0.2, -0.15) is 0 Å². The highest BCUT2D eigenvalue weighted by Crippen LogP contribution is 2.31. The number of hydrogen-bond donors (Lipinski definition) is 2. The summed E-state index contributed by atoms with van der Waals surface area (Å²) < 4.78 is 0. The van der Waals surface area contributed by atoms with Crippen LogP contribution in [0.5, 0.6) is 5.75 Å². The SMILES string of the molecule is CC1CCC(NCc2c(O)ccc3ccccc23)CC1C. The van der Waals surface area contributed by atoms with Crippen LogP contribution in [0, 0.1) is 11.8 Å². The fraction of sp³-hybridized carbons (Fsp3) is 0.474. The van der Waals surface area contributed by atoms with Crippen LogP contribution in [-0.2, 0) is 6.54 Å². The van der Waals surface area contributed by atoms with E-state index in [4.69, 9.17) is 0 Å². The van der Waals surface area contributed by atoms with Crippen molar-refractivity contribution >= 4 is 10.8 Å². The molecule has 2 aromatic rings. The van der Waals surface area contributed by atoms with Crippen LogP contribution in [0.2, 0.25) is 0 Å². The van der Waals surface area contributed by atoms with Crippen LogP contribution in [0.4, 0.5) is 0 Å². The Labute approximate surface area is 127 Å². The minimum atomic E-state index is 0.401. The molecule has 3 atom stereocenters. The molecule has 0 amide bonds. The summed E-state index contributed by atoms with van der Waals surface area (Å²) in [5.74, 6) is 2.03. The van der Waals surface area contributed by atoms with Crippen molar-refractivity contribution in [3.63, 3.8) is 0 Å². The molecule has 0 heterocycles. The molecular formula is C19H25NO. The fourth-order valence-corrected chi connectivity index (χ4v) is 3.49. The number of benzene rings is 2. The third-order valence-corrected chi connectivity index (χ3v) is 5.18. The van der Waals surface area contributed by atoms with Crippen LogP contribution in [-0.4, -0.2) is 11.1 Å². The topological polar surface area (TPSA) is 32.3 Å². The van der Waals surface area contributed by atoms with Gasteiger partial charge in [-0.25, -0.2) is 0 Å². The summed E-state index contributed by atoms with van der Waals surface area (Å²) in [5, 5.41) is 16.2. The molecule has 3 rings (SSSR count). The van der Waals surface area contributed by atoms with Crippen molar-refractivity contribution < 1.29 is 5.11 Å². The molecule has 2 heteroatoms. The Balaban J connectivity index is 1.75. The highest BCUT2D eigenvalue weighted by molar-refractivity contribution is 5.87. The second-order valence-corrected chi connectivity index (χ2v) is 6.63. The summed E-state index contributed by atoms with van der Waals surface area (Å²) in [5.41, 5.74) is 1.03. The smallest absolute Gasteiger partial charge is 0.120 e. The van der Waals surface area contributed by atoms with Gasteiger partial charge in [-0.15, -0.1) is 0 Å². The Kier molecular flexibility index (Phi) is 4.16. The van der Waals surface area contributed by atoms with Crippen molar-refractivity contribution in [3.05, 3.63) is 42.0 Å². The lowest BCUT2D eigenvalue weighted by molar-refractivity contribution is 0.225. The quantitative estimate of drug-likeness (QED) is 0.871. The van der Waals surface area contributed by atoms with Crippen LogP contribution in [0.25, 0.3) is 10.8 Å². The van der Waals surface area contributed by atoms with Gasteiger partial charge in [0.1, 0.15) is 5.75 Å². The molecule has 3 unspecified atom stereocenters. The predicted molar refractivity (Wildman–Crippen MR) is 88.4 cm³/mol. The molecule has 0 saturated heterocycles. The van der Waals surface area contributed by atoms with E-state index in [1.54, 1.807) is 0 Å². The van der Waals surface area contributed by atoms with E-state index in [1.165, 1.54) is 24.6 Å². The zero-order chi connectivity index (χ0) is 14.8. The largest absolute Gasteiger partial charge is 0.508 e. The molecule has 2 aromatic carbocycles. The van der Waals surface area contributed by atoms with Crippen molar-refractivity contribution in [1.29, 1.82) is 0 Å². The van der Waals surface area contributed by atoms with E-state index in [0.717, 1.165) is 29.3 Å². The molecule has 2 nitrogen and oxygen atoms in total. The number of hydrogen-bond acceptors (Lipinski definition) is 2. The van der Waals surface area contributed by atoms with Gasteiger partial charge in [-0.05, 0) is 47.9 Å². The lowest BCUT2D eigenvalue weighted by atomic mass is 9.79. The summed E-state index contributed by atoms with van der Waals surface area (Å²) in [6.07, 6.45) is 3.80. The number of nitrogens with one attached hydrogen (secondary N) is 1. The number of phenols is 1. The lowest BCUT2D eigenvalue weighted by Crippen LogP contribution is -2.35. The van der Waals surface area contributed by atoms with Crippen molar-refractivity contribution in [1.82, 2.24) is 5.32 Å². The minimum absolute atomic E-state index is 0.401. The molecule has 1 fully saturated rings. The molecule has 0 aliphatic heterocycles. The molecule has 1 saturated carbocycles. The first kappa shape index (κ1) is 14.4. The first-order valence-corrected chi connectivity index (χ1v) is 8.08. The van der Waals surface area contributed by atoms with Crippen LogP contribution >= 0.6 is 0 Å². The van der Waals surface area contributed by atoms with Crippen LogP contribution in [0.1, 0.15) is 38.7 Å². The zero-order valence-electron chi connectivity index (χ0n) is 13.0. The third kappa shape index (κ3) is 3.06. The Hall–Kier alpha value is -1.54. The van der Waals surface area contributed by atoms with Gasteiger partial charge in [0.05, 0.1) is 0 Å². The zero-order valence-corrected chi connectivity index (χ0v) is 13.0. The second kappa shape index (κ2) is 6.07. The van der Waals surface area contributed by atoms with Gasteiger partial charge in [-0.1, -0.05) is 44.2 Å². The first-order chi connectivity index (χ1) is 10.1. The molecule has 0 aromatic heterocycles. The van der Waals surface area contributed by atoms with E-state index < -0.39 is 0 Å². The van der Waals surface area contributed by atoms with Crippen molar-refractivity contribution in [2.75, 3.05) is 0 Å². The first-order valence-electron chi connectivity index (χ1n) is 8.08. The lowest BCUT2D eigenvalue weighted by Gasteiger charge is -2.32. The number of aromatic hydroxyl groups is 1. The predicted octanol–water partition coefficient (Wildman–Crippen LogP) is 4.46. The molecule has 21 heavy (non-hydrogen) atoms. The molecule has 2 N–H and O–H groups in total. The molecule has 1 aliphatic carbocycles. The van der Waals surface area contributed by atoms with Gasteiger partial charge in [0.2, 0.25) is 0 Å². The Morgan fingerprint density at radius 1 is 1.05 bits per heavy atom. The van der Waals surface area contributed by atoms with E-state index >= 15 is 0 Å². The van der Waals surface area contributed by atoms with Gasteiger partial charge in [0.25, 0.3) is 0 Å². The van der Waals surface area contributed by atoms with Crippen molar-refractivity contribution in [2.45, 2.75) is 45.7 Å². The van der Waals surface area contributed by atoms with Crippen LogP contribution in [0.15, 0.2) is 36.4 Å². The van der Waals surface area contributed by atoms with E-state index in [1.807, 2.05) is 24.3 Å². The van der Waals surface area contributed by atoms with Crippen molar-refractivity contribution in [2.24, 2.45) is 11.8 Å². The highest BCUT2D eigenvalue weighted by atomic mass is 16.3. The average Bonchev–Trinajstić information content (AvgIpc) is 2.50. The van der Waals surface area contributed by atoms with E-state index in [-0.39, 0.29) is 0 Å². The normalized spacial score (nSPS) is 26.1. The molecule has 112 valence electrons. The van der Waals surface area contributed by atoms with Gasteiger partial charge in [0.15, 0.2) is 0 Å². The Morgan fingerprint density at radius 2 is 1.86 bits per heavy atom. The highest BCUT2D eigenvalue weighted by Gasteiger charge is 2.24. The molecule has 0 bridgehead atoms. The molecule has 0 radical (unpaired) electrons. The van der Waals surface area contributed by atoms with E-state index in [0.29, 0.717) is 11.8 Å². The summed E-state index contributed by atoms with van der Waals surface area (Å²) in [6.45, 7) is 5.46. The summed E-state index contributed by atoms with van der Waals surface area (Å²) >= 11 is 0. The van der Waals surface area contributed by atoms with Crippen LogP contribution in [0.3, 0.4) is 0 Å². The Morgan fingerprint density at radius 3 is 2.67 bits per heavy atom. The average molecular weight is 283 g/mol. The third-order valence-electron chi connectivity index (χ3n) is 5.18. The minimum Gasteiger partial charge on any atom is -0.508 e. The summed E-state index contributed by atoms with van der Waals surface area (Å²) in [4.78, 5) is 0. The van der Waals surface area contributed by atoms with E-state index in [9.17, 15) is 5.11 Å². The monoisotopic (exact) mass is 283 g/mol. The summed E-state index contributed by atoms with van der Waals surface area (Å²) in [6, 6.07) is 12.6. The second-order valence-electron chi connectivity index (χ2n) is 6.63. The maximum atomic E-state index is 10.2. The maximum Gasteiger partial charge on any atom is 0.120 e. The number of fused-ring (bicyclic) bond motifs is 1. The van der Waals surface area contributed by atoms with Crippen molar-refractivity contribution in [3.8, 4) is 5.75 Å². The molecular weight excluding hydrogens is 258 g/mol. The Bertz CT molecular complexity index is 622. The van der Waals surface area contributed by atoms with Gasteiger partial charge >= 0.3 is 0 Å². The van der Waals surface area contributed by atoms with Crippen LogP contribution < -0.4 is 5.32 Å². The number of phenolic OH excluding ortho intramolecular Hbond substituents is 1. The van der Waals surface area contributed by atoms with E-state index in [2.05, 4.69) is 31.3 Å². The standard InChI is InChI=1S/C19H25NO/c1-13-7-9-16(11-14(13)2)20-12-18-17-6-4-3-5-15(17)8-10-19(18)21/h3-6,8,10,13-14,16,20-21H,7,9,11-12H2,1-2H3. The molecule has 0 spiro atoms. The van der Waals surface area contributed by atoms with Gasteiger partial charge in [0, 0.05) is 18.2 Å². The fourth-order valence-electron chi connectivity index (χ4n) is 3.49. The number of rotatable bonds is 3. The molecule has 1 aliphatic rings. The van der Waals surface area contributed by atoms with Gasteiger partial charge < -0.3 is 10.4 Å². The summed E-state index contributed by atoms with van der Waals surface area (Å²) in [7, 11) is 0.